The summed E-state index contributed by atoms with van der Waals surface area (Å²) in [7, 11) is 0. The number of rotatable bonds is 4. The Morgan fingerprint density at radius 2 is 2.12 bits per heavy atom. The van der Waals surface area contributed by atoms with Crippen LogP contribution in [0.4, 0.5) is 0 Å². The number of carboxylic acid groups (broad SMARTS) is 1. The van der Waals surface area contributed by atoms with E-state index in [2.05, 4.69) is 20.9 Å². The highest BCUT2D eigenvalue weighted by Gasteiger charge is 2.08. The van der Waals surface area contributed by atoms with Crippen molar-refractivity contribution in [2.24, 2.45) is 0 Å². The van der Waals surface area contributed by atoms with Crippen LogP contribution >= 0.6 is 39.0 Å². The van der Waals surface area contributed by atoms with Crippen LogP contribution in [0.3, 0.4) is 0 Å². The molecule has 17 heavy (non-hydrogen) atoms. The van der Waals surface area contributed by atoms with Crippen molar-refractivity contribution in [3.8, 4) is 0 Å². The van der Waals surface area contributed by atoms with E-state index in [4.69, 9.17) is 5.11 Å². The van der Waals surface area contributed by atoms with Gasteiger partial charge in [-0.05, 0) is 24.3 Å². The maximum Gasteiger partial charge on any atom is 0.365 e. The summed E-state index contributed by atoms with van der Waals surface area (Å²) in [6.07, 6.45) is 0. The number of thiazole rings is 1. The van der Waals surface area contributed by atoms with Gasteiger partial charge in [-0.1, -0.05) is 15.9 Å². The summed E-state index contributed by atoms with van der Waals surface area (Å²) in [5.41, 5.74) is 0.806. The first-order chi connectivity index (χ1) is 8.15. The maximum atomic E-state index is 10.7. The Morgan fingerprint density at radius 3 is 2.71 bits per heavy atom. The second kappa shape index (κ2) is 5.66. The van der Waals surface area contributed by atoms with Crippen molar-refractivity contribution in [3.05, 3.63) is 44.8 Å². The van der Waals surface area contributed by atoms with Crippen molar-refractivity contribution < 1.29 is 9.90 Å². The van der Waals surface area contributed by atoms with Gasteiger partial charge < -0.3 is 5.11 Å². The summed E-state index contributed by atoms with van der Waals surface area (Å²) in [5.74, 6) is -0.277. The average Bonchev–Trinajstić information content (AvgIpc) is 2.77. The van der Waals surface area contributed by atoms with Crippen molar-refractivity contribution in [3.63, 3.8) is 0 Å². The number of carbonyl (C=O) groups is 1. The van der Waals surface area contributed by atoms with E-state index in [0.29, 0.717) is 5.75 Å². The van der Waals surface area contributed by atoms with Gasteiger partial charge in [0.15, 0.2) is 0 Å². The molecule has 88 valence electrons. The lowest BCUT2D eigenvalue weighted by Gasteiger charge is -1.99. The summed E-state index contributed by atoms with van der Waals surface area (Å²) in [6.45, 7) is 0. The van der Waals surface area contributed by atoms with E-state index in [1.54, 1.807) is 17.1 Å². The van der Waals surface area contributed by atoms with Gasteiger partial charge >= 0.3 is 5.97 Å². The minimum absolute atomic E-state index is 0.149. The predicted molar refractivity (Wildman–Crippen MR) is 72.8 cm³/mol. The first-order valence-corrected chi connectivity index (χ1v) is 7.37. The molecule has 0 atom stereocenters. The zero-order valence-electron chi connectivity index (χ0n) is 8.59. The van der Waals surface area contributed by atoms with Crippen LogP contribution in [-0.2, 0) is 5.75 Å². The second-order valence-corrected chi connectivity index (χ2v) is 6.01. The lowest BCUT2D eigenvalue weighted by atomic mass is 10.4. The molecule has 1 aromatic carbocycles. The molecule has 1 heterocycles. The van der Waals surface area contributed by atoms with Crippen LogP contribution < -0.4 is 0 Å². The van der Waals surface area contributed by atoms with Gasteiger partial charge in [0.1, 0.15) is 0 Å². The van der Waals surface area contributed by atoms with Gasteiger partial charge in [-0.3, -0.25) is 0 Å². The number of hydrogen-bond acceptors (Lipinski definition) is 4. The lowest BCUT2D eigenvalue weighted by Crippen LogP contribution is -1.94. The Hall–Kier alpha value is -0.850. The molecule has 0 unspecified atom stereocenters. The summed E-state index contributed by atoms with van der Waals surface area (Å²) in [6, 6.07) is 7.98. The highest BCUT2D eigenvalue weighted by atomic mass is 79.9. The molecule has 0 spiro atoms. The molecule has 0 saturated heterocycles. The molecule has 2 aromatic rings. The van der Waals surface area contributed by atoms with Crippen LogP contribution in [0.2, 0.25) is 0 Å². The van der Waals surface area contributed by atoms with Gasteiger partial charge in [-0.15, -0.1) is 23.1 Å². The van der Waals surface area contributed by atoms with E-state index in [9.17, 15) is 4.79 Å². The van der Waals surface area contributed by atoms with Crippen LogP contribution in [0.15, 0.2) is 39.0 Å². The Morgan fingerprint density at radius 1 is 1.41 bits per heavy atom. The zero-order chi connectivity index (χ0) is 12.3. The molecule has 2 rings (SSSR count). The summed E-state index contributed by atoms with van der Waals surface area (Å²) in [5, 5.41) is 10.7. The van der Waals surface area contributed by atoms with Gasteiger partial charge in [-0.25, -0.2) is 9.78 Å². The molecular weight excluding hydrogens is 322 g/mol. The summed E-state index contributed by atoms with van der Waals surface area (Å²) >= 11 is 6.18. The molecule has 0 aliphatic carbocycles. The minimum Gasteiger partial charge on any atom is -0.476 e. The second-order valence-electron chi connectivity index (χ2n) is 3.19. The van der Waals surface area contributed by atoms with Gasteiger partial charge in [0.25, 0.3) is 0 Å². The number of halogens is 1. The summed E-state index contributed by atoms with van der Waals surface area (Å²) in [4.78, 5) is 15.8. The largest absolute Gasteiger partial charge is 0.476 e. The molecule has 6 heteroatoms. The highest BCUT2D eigenvalue weighted by molar-refractivity contribution is 9.10. The Labute approximate surface area is 115 Å². The molecule has 0 aliphatic rings. The lowest BCUT2D eigenvalue weighted by molar-refractivity contribution is 0.0696. The number of nitrogens with zero attached hydrogens (tertiary/aromatic N) is 1. The fraction of sp³-hybridized carbons (Fsp3) is 0.0909. The van der Waals surface area contributed by atoms with E-state index in [1.807, 2.05) is 24.3 Å². The molecule has 0 aliphatic heterocycles. The zero-order valence-corrected chi connectivity index (χ0v) is 11.8. The average molecular weight is 330 g/mol. The smallest absolute Gasteiger partial charge is 0.365 e. The highest BCUT2D eigenvalue weighted by Crippen LogP contribution is 2.25. The van der Waals surface area contributed by atoms with E-state index < -0.39 is 5.97 Å². The monoisotopic (exact) mass is 329 g/mol. The van der Waals surface area contributed by atoms with Crippen molar-refractivity contribution in [1.29, 1.82) is 0 Å². The number of aromatic carboxylic acids is 1. The first kappa shape index (κ1) is 12.6. The third kappa shape index (κ3) is 3.55. The molecule has 1 aromatic heterocycles. The molecule has 0 amide bonds. The third-order valence-corrected chi connectivity index (χ3v) is 4.39. The van der Waals surface area contributed by atoms with Crippen LogP contribution in [-0.4, -0.2) is 16.1 Å². The van der Waals surface area contributed by atoms with Crippen molar-refractivity contribution in [2.45, 2.75) is 10.6 Å². The SMILES string of the molecule is O=C(O)c1nc(CSc2ccc(Br)cc2)cs1. The molecule has 0 bridgehead atoms. The number of hydrogen-bond donors (Lipinski definition) is 1. The fourth-order valence-corrected chi connectivity index (χ4v) is 2.97. The van der Waals surface area contributed by atoms with E-state index in [0.717, 1.165) is 26.4 Å². The van der Waals surface area contributed by atoms with Crippen LogP contribution in [0, 0.1) is 0 Å². The van der Waals surface area contributed by atoms with Crippen molar-refractivity contribution >= 4 is 45.0 Å². The molecule has 3 nitrogen and oxygen atoms in total. The Kier molecular flexibility index (Phi) is 4.20. The van der Waals surface area contributed by atoms with Crippen LogP contribution in [0.1, 0.15) is 15.5 Å². The van der Waals surface area contributed by atoms with E-state index in [-0.39, 0.29) is 5.01 Å². The fourth-order valence-electron chi connectivity index (χ4n) is 1.16. The van der Waals surface area contributed by atoms with Gasteiger partial charge in [0.05, 0.1) is 5.69 Å². The number of aromatic nitrogens is 1. The molecule has 0 radical (unpaired) electrons. The first-order valence-electron chi connectivity index (χ1n) is 4.71. The molecular formula is C11H8BrNO2S2. The minimum atomic E-state index is -0.963. The van der Waals surface area contributed by atoms with E-state index >= 15 is 0 Å². The van der Waals surface area contributed by atoms with Gasteiger partial charge in [0.2, 0.25) is 5.01 Å². The number of thioether (sulfide) groups is 1. The Balaban J connectivity index is 1.97. The van der Waals surface area contributed by atoms with Gasteiger partial charge in [-0.2, -0.15) is 0 Å². The molecule has 0 fully saturated rings. The van der Waals surface area contributed by atoms with Crippen molar-refractivity contribution in [2.75, 3.05) is 0 Å². The van der Waals surface area contributed by atoms with Crippen LogP contribution in [0.5, 0.6) is 0 Å². The predicted octanol–water partition coefficient (Wildman–Crippen LogP) is 3.90. The quantitative estimate of drug-likeness (QED) is 0.864. The van der Waals surface area contributed by atoms with Gasteiger partial charge in [0, 0.05) is 20.5 Å². The maximum absolute atomic E-state index is 10.7. The Bertz CT molecular complexity index is 525. The standard InChI is InChI=1S/C11H8BrNO2S2/c12-7-1-3-9(4-2-7)16-5-8-6-17-10(13-8)11(14)15/h1-4,6H,5H2,(H,14,15). The summed E-state index contributed by atoms with van der Waals surface area (Å²) < 4.78 is 1.05. The van der Waals surface area contributed by atoms with Crippen molar-refractivity contribution in [1.82, 2.24) is 4.98 Å². The molecule has 0 saturated carbocycles. The van der Waals surface area contributed by atoms with Crippen LogP contribution in [0.25, 0.3) is 0 Å². The topological polar surface area (TPSA) is 50.2 Å². The number of benzene rings is 1. The number of carboxylic acids is 1. The van der Waals surface area contributed by atoms with E-state index in [1.165, 1.54) is 0 Å². The normalized spacial score (nSPS) is 10.4. The third-order valence-electron chi connectivity index (χ3n) is 1.94. The molecule has 1 N–H and O–H groups in total.